The van der Waals surface area contributed by atoms with Crippen LogP contribution in [0.5, 0.6) is 11.5 Å². The molecule has 104 valence electrons. The fourth-order valence-corrected chi connectivity index (χ4v) is 2.51. The second-order valence-corrected chi connectivity index (χ2v) is 4.89. The Bertz CT molecular complexity index is 615. The monoisotopic (exact) mass is 272 g/mol. The molecule has 20 heavy (non-hydrogen) atoms. The largest absolute Gasteiger partial charge is 0.497 e. The Morgan fingerprint density at radius 2 is 2.10 bits per heavy atom. The lowest BCUT2D eigenvalue weighted by Crippen LogP contribution is -2.06. The standard InChI is InChI=1S/C16H16O4/c1-18-10-5-6-14(19-2)13(8-10)16(17)12-9-11(12)15-4-3-7-20-15/h3-8,11-12H,9H2,1-2H3. The number of hydrogen-bond donors (Lipinski definition) is 0. The minimum Gasteiger partial charge on any atom is -0.497 e. The molecule has 2 unspecified atom stereocenters. The number of Topliss-reactive ketones (excluding diaryl/α,β-unsaturated/α-hetero) is 1. The van der Waals surface area contributed by atoms with Crippen molar-refractivity contribution >= 4 is 5.78 Å². The molecule has 1 aromatic carbocycles. The normalized spacial score (nSPS) is 20.5. The van der Waals surface area contributed by atoms with Gasteiger partial charge in [-0.25, -0.2) is 0 Å². The molecule has 2 atom stereocenters. The SMILES string of the molecule is COc1ccc(OC)c(C(=O)C2CC2c2ccco2)c1. The Morgan fingerprint density at radius 3 is 2.75 bits per heavy atom. The van der Waals surface area contributed by atoms with Crippen LogP contribution >= 0.6 is 0 Å². The maximum atomic E-state index is 12.6. The molecule has 0 amide bonds. The lowest BCUT2D eigenvalue weighted by atomic mass is 10.0. The third-order valence-electron chi connectivity index (χ3n) is 3.71. The van der Waals surface area contributed by atoms with Gasteiger partial charge in [0.15, 0.2) is 5.78 Å². The van der Waals surface area contributed by atoms with Crippen molar-refractivity contribution in [1.82, 2.24) is 0 Å². The summed E-state index contributed by atoms with van der Waals surface area (Å²) in [5.41, 5.74) is 0.575. The van der Waals surface area contributed by atoms with E-state index in [1.165, 1.54) is 0 Å². The first-order valence-corrected chi connectivity index (χ1v) is 6.54. The highest BCUT2D eigenvalue weighted by Gasteiger charge is 2.46. The number of carbonyl (C=O) groups is 1. The van der Waals surface area contributed by atoms with Gasteiger partial charge >= 0.3 is 0 Å². The lowest BCUT2D eigenvalue weighted by molar-refractivity contribution is 0.0960. The van der Waals surface area contributed by atoms with Crippen LogP contribution in [0.1, 0.15) is 28.5 Å². The van der Waals surface area contributed by atoms with E-state index in [2.05, 4.69) is 0 Å². The van der Waals surface area contributed by atoms with Gasteiger partial charge in [0, 0.05) is 11.8 Å². The average Bonchev–Trinajstić information content (AvgIpc) is 3.11. The molecule has 0 aliphatic heterocycles. The van der Waals surface area contributed by atoms with Crippen LogP contribution in [0.15, 0.2) is 41.0 Å². The highest BCUT2D eigenvalue weighted by molar-refractivity contribution is 6.02. The molecule has 0 N–H and O–H groups in total. The summed E-state index contributed by atoms with van der Waals surface area (Å²) in [5.74, 6) is 2.37. The molecule has 1 heterocycles. The molecule has 3 rings (SSSR count). The highest BCUT2D eigenvalue weighted by Crippen LogP contribution is 2.50. The molecule has 0 radical (unpaired) electrons. The molecule has 1 fully saturated rings. The van der Waals surface area contributed by atoms with Crippen molar-refractivity contribution < 1.29 is 18.7 Å². The maximum absolute atomic E-state index is 12.6. The van der Waals surface area contributed by atoms with Crippen molar-refractivity contribution in [2.24, 2.45) is 5.92 Å². The molecule has 1 aromatic heterocycles. The van der Waals surface area contributed by atoms with Gasteiger partial charge in [0.25, 0.3) is 0 Å². The highest BCUT2D eigenvalue weighted by atomic mass is 16.5. The summed E-state index contributed by atoms with van der Waals surface area (Å²) in [6.07, 6.45) is 2.47. The molecule has 0 saturated heterocycles. The Morgan fingerprint density at radius 1 is 1.25 bits per heavy atom. The van der Waals surface area contributed by atoms with Gasteiger partial charge in [0.1, 0.15) is 17.3 Å². The summed E-state index contributed by atoms with van der Waals surface area (Å²) >= 11 is 0. The lowest BCUT2D eigenvalue weighted by Gasteiger charge is -2.09. The number of methoxy groups -OCH3 is 2. The molecule has 1 aliphatic rings. The summed E-state index contributed by atoms with van der Waals surface area (Å²) in [4.78, 5) is 12.6. The van der Waals surface area contributed by atoms with Gasteiger partial charge in [0.05, 0.1) is 26.0 Å². The zero-order valence-electron chi connectivity index (χ0n) is 11.5. The fraction of sp³-hybridized carbons (Fsp3) is 0.312. The van der Waals surface area contributed by atoms with Crippen LogP contribution in [0.3, 0.4) is 0 Å². The fourth-order valence-electron chi connectivity index (χ4n) is 2.51. The van der Waals surface area contributed by atoms with Gasteiger partial charge in [0.2, 0.25) is 0 Å². The Balaban J connectivity index is 1.84. The van der Waals surface area contributed by atoms with Crippen LogP contribution in [0.2, 0.25) is 0 Å². The van der Waals surface area contributed by atoms with E-state index in [0.29, 0.717) is 17.1 Å². The van der Waals surface area contributed by atoms with Crippen molar-refractivity contribution in [1.29, 1.82) is 0 Å². The summed E-state index contributed by atoms with van der Waals surface area (Å²) in [5, 5.41) is 0. The van der Waals surface area contributed by atoms with E-state index < -0.39 is 0 Å². The van der Waals surface area contributed by atoms with E-state index >= 15 is 0 Å². The number of hydrogen-bond acceptors (Lipinski definition) is 4. The van der Waals surface area contributed by atoms with Gasteiger partial charge in [-0.15, -0.1) is 0 Å². The topological polar surface area (TPSA) is 48.7 Å². The zero-order valence-corrected chi connectivity index (χ0v) is 11.5. The van der Waals surface area contributed by atoms with E-state index in [0.717, 1.165) is 12.2 Å². The van der Waals surface area contributed by atoms with Crippen LogP contribution in [0.25, 0.3) is 0 Å². The molecule has 1 aliphatic carbocycles. The average molecular weight is 272 g/mol. The first-order valence-electron chi connectivity index (χ1n) is 6.54. The van der Waals surface area contributed by atoms with E-state index in [-0.39, 0.29) is 17.6 Å². The van der Waals surface area contributed by atoms with Gasteiger partial charge < -0.3 is 13.9 Å². The third-order valence-corrected chi connectivity index (χ3v) is 3.71. The third kappa shape index (κ3) is 2.18. The second kappa shape index (κ2) is 5.04. The van der Waals surface area contributed by atoms with E-state index in [1.807, 2.05) is 12.1 Å². The smallest absolute Gasteiger partial charge is 0.170 e. The van der Waals surface area contributed by atoms with Crippen molar-refractivity contribution in [3.05, 3.63) is 47.9 Å². The van der Waals surface area contributed by atoms with Crippen LogP contribution < -0.4 is 9.47 Å². The number of benzene rings is 1. The molecular weight excluding hydrogens is 256 g/mol. The molecule has 0 spiro atoms. The predicted molar refractivity (Wildman–Crippen MR) is 73.4 cm³/mol. The number of carbonyl (C=O) groups excluding carboxylic acids is 1. The quantitative estimate of drug-likeness (QED) is 0.784. The van der Waals surface area contributed by atoms with Crippen molar-refractivity contribution in [2.45, 2.75) is 12.3 Å². The second-order valence-electron chi connectivity index (χ2n) is 4.89. The molecule has 4 nitrogen and oxygen atoms in total. The van der Waals surface area contributed by atoms with Crippen molar-refractivity contribution in [2.75, 3.05) is 14.2 Å². The number of ether oxygens (including phenoxy) is 2. The van der Waals surface area contributed by atoms with Gasteiger partial charge in [-0.3, -0.25) is 4.79 Å². The van der Waals surface area contributed by atoms with Crippen LogP contribution in [0.4, 0.5) is 0 Å². The van der Waals surface area contributed by atoms with Crippen LogP contribution in [0, 0.1) is 5.92 Å². The van der Waals surface area contributed by atoms with Crippen LogP contribution in [-0.2, 0) is 0 Å². The Hall–Kier alpha value is -2.23. The Kier molecular flexibility index (Phi) is 3.22. The molecule has 1 saturated carbocycles. The van der Waals surface area contributed by atoms with Crippen molar-refractivity contribution in [3.63, 3.8) is 0 Å². The molecule has 0 bridgehead atoms. The van der Waals surface area contributed by atoms with E-state index in [9.17, 15) is 4.79 Å². The van der Waals surface area contributed by atoms with Crippen molar-refractivity contribution in [3.8, 4) is 11.5 Å². The van der Waals surface area contributed by atoms with Gasteiger partial charge in [-0.2, -0.15) is 0 Å². The zero-order chi connectivity index (χ0) is 14.1. The summed E-state index contributed by atoms with van der Waals surface area (Å²) in [7, 11) is 3.15. The first kappa shape index (κ1) is 12.8. The van der Waals surface area contributed by atoms with Gasteiger partial charge in [-0.05, 0) is 36.8 Å². The summed E-state index contributed by atoms with van der Waals surface area (Å²) < 4.78 is 15.8. The minimum absolute atomic E-state index is 0.0258. The van der Waals surface area contributed by atoms with Crippen LogP contribution in [-0.4, -0.2) is 20.0 Å². The van der Waals surface area contributed by atoms with E-state index in [1.54, 1.807) is 38.7 Å². The molecule has 2 aromatic rings. The first-order chi connectivity index (χ1) is 9.74. The minimum atomic E-state index is -0.0258. The predicted octanol–water partition coefficient (Wildman–Crippen LogP) is 3.28. The number of furan rings is 1. The molecule has 4 heteroatoms. The van der Waals surface area contributed by atoms with Gasteiger partial charge in [-0.1, -0.05) is 0 Å². The maximum Gasteiger partial charge on any atom is 0.170 e. The number of rotatable bonds is 5. The van der Waals surface area contributed by atoms with E-state index in [4.69, 9.17) is 13.9 Å². The summed E-state index contributed by atoms with van der Waals surface area (Å²) in [6, 6.07) is 9.05. The number of ketones is 1. The Labute approximate surface area is 117 Å². The summed E-state index contributed by atoms with van der Waals surface area (Å²) in [6.45, 7) is 0. The molecular formula is C16H16O4.